The lowest BCUT2D eigenvalue weighted by molar-refractivity contribution is 0.105. The molecule has 2 fully saturated rings. The Bertz CT molecular complexity index is 234. The van der Waals surface area contributed by atoms with Crippen LogP contribution in [-0.2, 0) is 0 Å². The first kappa shape index (κ1) is 12.7. The number of hydrogen-bond acceptors (Lipinski definition) is 3. The van der Waals surface area contributed by atoms with Crippen LogP contribution in [0.25, 0.3) is 0 Å². The maximum atomic E-state index is 6.14. The Morgan fingerprint density at radius 1 is 1.50 bits per heavy atom. The van der Waals surface area contributed by atoms with Crippen molar-refractivity contribution >= 4 is 11.8 Å². The van der Waals surface area contributed by atoms with E-state index in [1.165, 1.54) is 44.5 Å². The molecule has 2 aliphatic heterocycles. The van der Waals surface area contributed by atoms with Crippen molar-refractivity contribution in [3.05, 3.63) is 0 Å². The van der Waals surface area contributed by atoms with Crippen molar-refractivity contribution in [1.29, 1.82) is 0 Å². The number of nitrogens with two attached hydrogens (primary N) is 1. The van der Waals surface area contributed by atoms with Gasteiger partial charge in [0.1, 0.15) is 0 Å². The van der Waals surface area contributed by atoms with Crippen LogP contribution in [0.1, 0.15) is 39.5 Å². The molecular weight excluding hydrogens is 216 g/mol. The lowest BCUT2D eigenvalue weighted by atomic mass is 9.87. The zero-order chi connectivity index (χ0) is 11.6. The van der Waals surface area contributed by atoms with Crippen LogP contribution in [0, 0.1) is 5.92 Å². The Morgan fingerprint density at radius 2 is 2.31 bits per heavy atom. The predicted molar refractivity (Wildman–Crippen MR) is 72.9 cm³/mol. The predicted octanol–water partition coefficient (Wildman–Crippen LogP) is 2.33. The van der Waals surface area contributed by atoms with E-state index >= 15 is 0 Å². The van der Waals surface area contributed by atoms with E-state index < -0.39 is 0 Å². The summed E-state index contributed by atoms with van der Waals surface area (Å²) in [5.74, 6) is 2.25. The Labute approximate surface area is 104 Å². The Balaban J connectivity index is 2.08. The Morgan fingerprint density at radius 3 is 2.88 bits per heavy atom. The quantitative estimate of drug-likeness (QED) is 0.823. The summed E-state index contributed by atoms with van der Waals surface area (Å²) in [6.45, 7) is 8.12. The summed E-state index contributed by atoms with van der Waals surface area (Å²) in [7, 11) is 0. The minimum atomic E-state index is 0.312. The molecule has 0 aromatic carbocycles. The molecule has 3 unspecified atom stereocenters. The third kappa shape index (κ3) is 2.14. The molecule has 0 amide bonds. The van der Waals surface area contributed by atoms with E-state index in [-0.39, 0.29) is 0 Å². The van der Waals surface area contributed by atoms with Crippen LogP contribution in [0.15, 0.2) is 0 Å². The smallest absolute Gasteiger partial charge is 0.0447 e. The normalized spacial score (nSPS) is 41.4. The first-order valence-electron chi connectivity index (χ1n) is 6.79. The lowest BCUT2D eigenvalue weighted by Gasteiger charge is -2.48. The molecular formula is C13H26N2S. The zero-order valence-corrected chi connectivity index (χ0v) is 11.6. The summed E-state index contributed by atoms with van der Waals surface area (Å²) in [5.41, 5.74) is 6.45. The molecule has 0 radical (unpaired) electrons. The van der Waals surface area contributed by atoms with Crippen LogP contribution in [0.3, 0.4) is 0 Å². The average Bonchev–Trinajstić information content (AvgIpc) is 2.79. The van der Waals surface area contributed by atoms with Crippen molar-refractivity contribution in [3.63, 3.8) is 0 Å². The van der Waals surface area contributed by atoms with Crippen molar-refractivity contribution in [2.75, 3.05) is 25.4 Å². The highest BCUT2D eigenvalue weighted by molar-refractivity contribution is 8.00. The van der Waals surface area contributed by atoms with E-state index in [4.69, 9.17) is 5.73 Å². The summed E-state index contributed by atoms with van der Waals surface area (Å²) >= 11 is 2.12. The highest BCUT2D eigenvalue weighted by atomic mass is 32.2. The fourth-order valence-electron chi connectivity index (χ4n) is 3.38. The molecule has 0 saturated carbocycles. The number of nitrogens with zero attached hydrogens (tertiary/aromatic N) is 1. The average molecular weight is 242 g/mol. The molecule has 3 atom stereocenters. The molecule has 2 rings (SSSR count). The minimum absolute atomic E-state index is 0.312. The molecule has 2 heterocycles. The summed E-state index contributed by atoms with van der Waals surface area (Å²) in [6.07, 6.45) is 5.38. The van der Waals surface area contributed by atoms with E-state index in [1.807, 2.05) is 0 Å². The van der Waals surface area contributed by atoms with Crippen molar-refractivity contribution in [2.45, 2.75) is 50.3 Å². The van der Waals surface area contributed by atoms with Gasteiger partial charge in [0.05, 0.1) is 0 Å². The summed E-state index contributed by atoms with van der Waals surface area (Å²) in [6, 6.07) is 0. The molecule has 0 aliphatic carbocycles. The minimum Gasteiger partial charge on any atom is -0.329 e. The van der Waals surface area contributed by atoms with Crippen LogP contribution in [-0.4, -0.2) is 41.1 Å². The highest BCUT2D eigenvalue weighted by Crippen LogP contribution is 2.40. The van der Waals surface area contributed by atoms with E-state index in [0.717, 1.165) is 12.5 Å². The molecule has 2 N–H and O–H groups in total. The molecule has 0 spiro atoms. The van der Waals surface area contributed by atoms with E-state index in [9.17, 15) is 0 Å². The van der Waals surface area contributed by atoms with E-state index in [2.05, 4.69) is 30.5 Å². The van der Waals surface area contributed by atoms with Crippen molar-refractivity contribution in [1.82, 2.24) is 4.90 Å². The summed E-state index contributed by atoms with van der Waals surface area (Å²) in [5, 5.41) is 0.710. The molecule has 3 heteroatoms. The number of likely N-dealkylation sites (tertiary alicyclic amines) is 1. The van der Waals surface area contributed by atoms with Gasteiger partial charge in [0.15, 0.2) is 0 Å². The molecule has 2 nitrogen and oxygen atoms in total. The van der Waals surface area contributed by atoms with Gasteiger partial charge in [-0.05, 0) is 37.5 Å². The van der Waals surface area contributed by atoms with Gasteiger partial charge in [0, 0.05) is 23.9 Å². The maximum absolute atomic E-state index is 6.14. The monoisotopic (exact) mass is 242 g/mol. The fourth-order valence-corrected chi connectivity index (χ4v) is 4.72. The Kier molecular flexibility index (Phi) is 4.20. The first-order chi connectivity index (χ1) is 7.73. The molecule has 16 heavy (non-hydrogen) atoms. The number of rotatable bonds is 3. The lowest BCUT2D eigenvalue weighted by Crippen LogP contribution is -2.60. The third-order valence-corrected chi connectivity index (χ3v) is 6.19. The second kappa shape index (κ2) is 5.28. The van der Waals surface area contributed by atoms with Crippen molar-refractivity contribution in [2.24, 2.45) is 11.7 Å². The van der Waals surface area contributed by atoms with Crippen molar-refractivity contribution < 1.29 is 0 Å². The first-order valence-corrected chi connectivity index (χ1v) is 7.84. The van der Waals surface area contributed by atoms with Gasteiger partial charge in [-0.25, -0.2) is 0 Å². The largest absolute Gasteiger partial charge is 0.329 e. The van der Waals surface area contributed by atoms with Gasteiger partial charge < -0.3 is 5.73 Å². The van der Waals surface area contributed by atoms with Crippen LogP contribution >= 0.6 is 11.8 Å². The number of hydrogen-bond donors (Lipinski definition) is 1. The standard InChI is InChI=1S/C13H26N2S/c1-3-12-5-7-15(9-12)13(10-14)6-4-8-16-11(13)2/h11-12H,3-10,14H2,1-2H3. The Hall–Kier alpha value is 0.270. The molecule has 2 saturated heterocycles. The number of thioether (sulfide) groups is 1. The SMILES string of the molecule is CCC1CCN(C2(CN)CCCSC2C)C1. The molecule has 0 aromatic rings. The fraction of sp³-hybridized carbons (Fsp3) is 1.00. The van der Waals surface area contributed by atoms with E-state index in [0.29, 0.717) is 10.8 Å². The van der Waals surface area contributed by atoms with Crippen molar-refractivity contribution in [3.8, 4) is 0 Å². The highest BCUT2D eigenvalue weighted by Gasteiger charge is 2.44. The molecule has 2 aliphatic rings. The molecule has 0 bridgehead atoms. The van der Waals surface area contributed by atoms with Gasteiger partial charge in [-0.3, -0.25) is 4.90 Å². The van der Waals surface area contributed by atoms with Gasteiger partial charge in [0.25, 0.3) is 0 Å². The molecule has 94 valence electrons. The van der Waals surface area contributed by atoms with Crippen LogP contribution in [0.5, 0.6) is 0 Å². The second-order valence-electron chi connectivity index (χ2n) is 5.43. The second-order valence-corrected chi connectivity index (χ2v) is 6.88. The van der Waals surface area contributed by atoms with Gasteiger partial charge in [0.2, 0.25) is 0 Å². The van der Waals surface area contributed by atoms with Crippen LogP contribution < -0.4 is 5.73 Å². The maximum Gasteiger partial charge on any atom is 0.0447 e. The van der Waals surface area contributed by atoms with Gasteiger partial charge in [-0.15, -0.1) is 0 Å². The van der Waals surface area contributed by atoms with Gasteiger partial charge in [-0.1, -0.05) is 20.3 Å². The van der Waals surface area contributed by atoms with Gasteiger partial charge >= 0.3 is 0 Å². The van der Waals surface area contributed by atoms with Crippen LogP contribution in [0.4, 0.5) is 0 Å². The van der Waals surface area contributed by atoms with Gasteiger partial charge in [-0.2, -0.15) is 11.8 Å². The zero-order valence-electron chi connectivity index (χ0n) is 10.7. The summed E-state index contributed by atoms with van der Waals surface area (Å²) in [4.78, 5) is 2.72. The summed E-state index contributed by atoms with van der Waals surface area (Å²) < 4.78 is 0. The van der Waals surface area contributed by atoms with E-state index in [1.54, 1.807) is 0 Å². The molecule has 0 aromatic heterocycles. The topological polar surface area (TPSA) is 29.3 Å². The third-order valence-electron chi connectivity index (χ3n) is 4.73. The van der Waals surface area contributed by atoms with Crippen LogP contribution in [0.2, 0.25) is 0 Å².